The second kappa shape index (κ2) is 13.0. The molecule has 2 aromatic carbocycles. The van der Waals surface area contributed by atoms with E-state index in [1.807, 2.05) is 36.4 Å². The standard InChI is InChI=1S/C30H39BrO7Si/c1-8-19-35-27-26(37-22(3)32)25(38-28(34-7)30(27,33)21(2)31)20-36-39(29(4,5)6,23-15-11-9-12-16-23)24-17-13-10-14-18-24/h8-18,25-28,33H,1-2,19-20H2,3-7H3/t25-,26-,27+,28+,30-/m1/s1. The van der Waals surface area contributed by atoms with Crippen LogP contribution in [0.25, 0.3) is 0 Å². The fraction of sp³-hybridized carbons (Fsp3) is 0.433. The lowest BCUT2D eigenvalue weighted by atomic mass is 9.86. The second-order valence-electron chi connectivity index (χ2n) is 10.6. The predicted octanol–water partition coefficient (Wildman–Crippen LogP) is 4.08. The SMILES string of the molecule is C=CCO[C@H]1[C@H](OC(C)=O)[C@@H](CO[Si](c2ccccc2)(c2ccccc2)C(C)(C)C)O[C@H](OC)[C@@]1(O)C(=C)Br. The lowest BCUT2D eigenvalue weighted by Gasteiger charge is -2.51. The molecule has 1 heterocycles. The van der Waals surface area contributed by atoms with Crippen molar-refractivity contribution < 1.29 is 33.3 Å². The molecule has 0 aromatic heterocycles. The lowest BCUT2D eigenvalue weighted by molar-refractivity contribution is -0.328. The molecule has 0 aliphatic carbocycles. The van der Waals surface area contributed by atoms with Crippen molar-refractivity contribution in [2.45, 2.75) is 62.9 Å². The van der Waals surface area contributed by atoms with E-state index in [1.54, 1.807) is 6.08 Å². The number of carbonyl (C=O) groups excluding carboxylic acids is 1. The molecule has 0 bridgehead atoms. The molecule has 1 aliphatic rings. The first-order valence-corrected chi connectivity index (χ1v) is 15.5. The van der Waals surface area contributed by atoms with Gasteiger partial charge in [-0.1, -0.05) is 110 Å². The minimum Gasteiger partial charge on any atom is -0.457 e. The molecule has 2 aromatic rings. The van der Waals surface area contributed by atoms with Gasteiger partial charge in [0.25, 0.3) is 8.32 Å². The Morgan fingerprint density at radius 2 is 1.67 bits per heavy atom. The van der Waals surface area contributed by atoms with Gasteiger partial charge in [-0.15, -0.1) is 6.58 Å². The van der Waals surface area contributed by atoms with Gasteiger partial charge in [-0.3, -0.25) is 4.79 Å². The van der Waals surface area contributed by atoms with Gasteiger partial charge in [0.15, 0.2) is 18.0 Å². The molecule has 7 nitrogen and oxygen atoms in total. The van der Waals surface area contributed by atoms with Crippen LogP contribution < -0.4 is 10.4 Å². The number of hydrogen-bond donors (Lipinski definition) is 1. The molecule has 1 fully saturated rings. The maximum Gasteiger partial charge on any atom is 0.303 e. The van der Waals surface area contributed by atoms with Crippen molar-refractivity contribution in [1.82, 2.24) is 0 Å². The lowest BCUT2D eigenvalue weighted by Crippen LogP contribution is -2.71. The van der Waals surface area contributed by atoms with Gasteiger partial charge in [0, 0.05) is 18.5 Å². The van der Waals surface area contributed by atoms with E-state index in [-0.39, 0.29) is 22.7 Å². The monoisotopic (exact) mass is 618 g/mol. The number of aliphatic hydroxyl groups is 1. The van der Waals surface area contributed by atoms with Gasteiger partial charge in [0.2, 0.25) is 0 Å². The first kappa shape index (κ1) is 31.4. The Morgan fingerprint density at radius 1 is 1.13 bits per heavy atom. The highest BCUT2D eigenvalue weighted by molar-refractivity contribution is 9.11. The molecule has 1 aliphatic heterocycles. The van der Waals surface area contributed by atoms with E-state index in [0.717, 1.165) is 10.4 Å². The summed E-state index contributed by atoms with van der Waals surface area (Å²) in [6.07, 6.45) is -2.59. The summed E-state index contributed by atoms with van der Waals surface area (Å²) in [5, 5.41) is 13.6. The number of rotatable bonds is 11. The Morgan fingerprint density at radius 3 is 2.08 bits per heavy atom. The second-order valence-corrected chi connectivity index (χ2v) is 15.8. The van der Waals surface area contributed by atoms with E-state index in [1.165, 1.54) is 14.0 Å². The molecule has 1 saturated heterocycles. The predicted molar refractivity (Wildman–Crippen MR) is 158 cm³/mol. The zero-order valence-corrected chi connectivity index (χ0v) is 25.8. The van der Waals surface area contributed by atoms with Crippen LogP contribution in [0.3, 0.4) is 0 Å². The van der Waals surface area contributed by atoms with E-state index in [4.69, 9.17) is 23.4 Å². The molecular weight excluding hydrogens is 580 g/mol. The van der Waals surface area contributed by atoms with E-state index in [9.17, 15) is 9.90 Å². The number of esters is 1. The molecule has 3 rings (SSSR count). The van der Waals surface area contributed by atoms with Crippen molar-refractivity contribution in [1.29, 1.82) is 0 Å². The third-order valence-corrected chi connectivity index (χ3v) is 12.6. The first-order chi connectivity index (χ1) is 18.4. The molecule has 0 unspecified atom stereocenters. The maximum atomic E-state index is 12.3. The van der Waals surface area contributed by atoms with Gasteiger partial charge >= 0.3 is 5.97 Å². The normalized spacial score (nSPS) is 25.6. The van der Waals surface area contributed by atoms with Crippen LogP contribution in [-0.4, -0.2) is 69.9 Å². The highest BCUT2D eigenvalue weighted by Gasteiger charge is 2.60. The van der Waals surface area contributed by atoms with Gasteiger partial charge in [0.1, 0.15) is 12.2 Å². The summed E-state index contributed by atoms with van der Waals surface area (Å²) in [6, 6.07) is 20.4. The zero-order chi connectivity index (χ0) is 28.8. The maximum absolute atomic E-state index is 12.3. The summed E-state index contributed by atoms with van der Waals surface area (Å²) in [6.45, 7) is 15.5. The summed E-state index contributed by atoms with van der Waals surface area (Å²) in [7, 11) is -1.53. The van der Waals surface area contributed by atoms with E-state index in [0.29, 0.717) is 0 Å². The smallest absolute Gasteiger partial charge is 0.303 e. The molecule has 5 atom stereocenters. The van der Waals surface area contributed by atoms with E-state index < -0.39 is 44.5 Å². The van der Waals surface area contributed by atoms with Crippen molar-refractivity contribution in [2.75, 3.05) is 20.3 Å². The molecule has 212 valence electrons. The van der Waals surface area contributed by atoms with Gasteiger partial charge in [-0.25, -0.2) is 0 Å². The first-order valence-electron chi connectivity index (χ1n) is 12.8. The number of ether oxygens (including phenoxy) is 4. The Balaban J connectivity index is 2.12. The number of halogens is 1. The fourth-order valence-corrected chi connectivity index (χ4v) is 10.2. The summed E-state index contributed by atoms with van der Waals surface area (Å²) in [5.74, 6) is -0.551. The Kier molecular flexibility index (Phi) is 10.5. The molecular formula is C30H39BrO7Si. The summed E-state index contributed by atoms with van der Waals surface area (Å²) < 4.78 is 30.8. The quantitative estimate of drug-likeness (QED) is 0.231. The fourth-order valence-electron chi connectivity index (χ4n) is 5.26. The Bertz CT molecular complexity index is 1080. The number of carbonyl (C=O) groups is 1. The minimum atomic E-state index is -2.95. The number of benzene rings is 2. The van der Waals surface area contributed by atoms with Crippen LogP contribution >= 0.6 is 15.9 Å². The van der Waals surface area contributed by atoms with Crippen LogP contribution in [0, 0.1) is 0 Å². The molecule has 0 saturated carbocycles. The molecule has 9 heteroatoms. The van der Waals surface area contributed by atoms with Crippen LogP contribution in [-0.2, 0) is 28.2 Å². The average molecular weight is 620 g/mol. The van der Waals surface area contributed by atoms with E-state index >= 15 is 0 Å². The van der Waals surface area contributed by atoms with Crippen molar-refractivity contribution in [2.24, 2.45) is 0 Å². The van der Waals surface area contributed by atoms with Crippen LogP contribution in [0.1, 0.15) is 27.7 Å². The van der Waals surface area contributed by atoms with Gasteiger partial charge in [-0.05, 0) is 15.4 Å². The minimum absolute atomic E-state index is 0.0455. The van der Waals surface area contributed by atoms with Crippen molar-refractivity contribution >= 4 is 40.6 Å². The summed E-state index contributed by atoms with van der Waals surface area (Å²) in [4.78, 5) is 12.3. The zero-order valence-electron chi connectivity index (χ0n) is 23.3. The van der Waals surface area contributed by atoms with Gasteiger partial charge in [-0.2, -0.15) is 0 Å². The van der Waals surface area contributed by atoms with Gasteiger partial charge < -0.3 is 28.5 Å². The third-order valence-electron chi connectivity index (χ3n) is 6.98. The van der Waals surface area contributed by atoms with E-state index in [2.05, 4.69) is 74.1 Å². The van der Waals surface area contributed by atoms with Crippen LogP contribution in [0.4, 0.5) is 0 Å². The van der Waals surface area contributed by atoms with Gasteiger partial charge in [0.05, 0.1) is 13.2 Å². The molecule has 0 radical (unpaired) electrons. The van der Waals surface area contributed by atoms with Crippen molar-refractivity contribution in [3.8, 4) is 0 Å². The van der Waals surface area contributed by atoms with Crippen molar-refractivity contribution in [3.63, 3.8) is 0 Å². The summed E-state index contributed by atoms with van der Waals surface area (Å²) in [5.41, 5.74) is -1.87. The highest BCUT2D eigenvalue weighted by Crippen LogP contribution is 2.42. The highest BCUT2D eigenvalue weighted by atomic mass is 79.9. The van der Waals surface area contributed by atoms with Crippen LogP contribution in [0.15, 0.2) is 84.4 Å². The number of hydrogen-bond acceptors (Lipinski definition) is 7. The largest absolute Gasteiger partial charge is 0.457 e. The Labute approximate surface area is 241 Å². The molecule has 1 N–H and O–H groups in total. The number of methoxy groups -OCH3 is 1. The average Bonchev–Trinajstić information content (AvgIpc) is 2.89. The third kappa shape index (κ3) is 6.30. The summed E-state index contributed by atoms with van der Waals surface area (Å²) >= 11 is 3.30. The molecule has 0 amide bonds. The topological polar surface area (TPSA) is 83.5 Å². The van der Waals surface area contributed by atoms with Crippen molar-refractivity contribution in [3.05, 3.63) is 84.4 Å². The molecule has 0 spiro atoms. The van der Waals surface area contributed by atoms with Crippen LogP contribution in [0.5, 0.6) is 0 Å². The van der Waals surface area contributed by atoms with Crippen LogP contribution in [0.2, 0.25) is 5.04 Å². The molecule has 39 heavy (non-hydrogen) atoms. The Hall–Kier alpha value is -2.11.